The first kappa shape index (κ1) is 19.5. The smallest absolute Gasteiger partial charge is 0.267 e. The Bertz CT molecular complexity index is 1030. The van der Waals surface area contributed by atoms with Gasteiger partial charge in [-0.2, -0.15) is 0 Å². The van der Waals surface area contributed by atoms with Gasteiger partial charge in [-0.15, -0.1) is 0 Å². The number of hydrogen-bond donors (Lipinski definition) is 0. The lowest BCUT2D eigenvalue weighted by Gasteiger charge is -2.12. The van der Waals surface area contributed by atoms with E-state index in [1.54, 1.807) is 26.0 Å². The van der Waals surface area contributed by atoms with Crippen molar-refractivity contribution in [2.24, 2.45) is 4.99 Å². The summed E-state index contributed by atoms with van der Waals surface area (Å²) in [6.07, 6.45) is 0.310. The minimum atomic E-state index is -4.14. The summed E-state index contributed by atoms with van der Waals surface area (Å²) in [7, 11) is -4.14. The van der Waals surface area contributed by atoms with Crippen molar-refractivity contribution in [1.82, 2.24) is 0 Å². The molecule has 136 valence electrons. The van der Waals surface area contributed by atoms with Crippen molar-refractivity contribution in [3.8, 4) is 0 Å². The number of aliphatic imine (C=N–C) groups is 1. The van der Waals surface area contributed by atoms with Crippen LogP contribution in [0.4, 0.5) is 5.69 Å². The molecule has 2 aromatic carbocycles. The molecule has 0 saturated heterocycles. The summed E-state index contributed by atoms with van der Waals surface area (Å²) in [5, 5.41) is 11.5. The number of sulfone groups is 1. The van der Waals surface area contributed by atoms with Crippen LogP contribution in [0.5, 0.6) is 0 Å². The first-order valence-electron chi connectivity index (χ1n) is 7.78. The van der Waals surface area contributed by atoms with Gasteiger partial charge in [0.1, 0.15) is 4.90 Å². The lowest BCUT2D eigenvalue weighted by molar-refractivity contribution is -0.387. The molecule has 0 heterocycles. The van der Waals surface area contributed by atoms with Gasteiger partial charge in [-0.3, -0.25) is 14.9 Å². The van der Waals surface area contributed by atoms with Crippen LogP contribution in [-0.2, 0) is 16.3 Å². The Kier molecular flexibility index (Phi) is 5.36. The predicted octanol–water partition coefficient (Wildman–Crippen LogP) is 3.45. The second kappa shape index (κ2) is 7.17. The van der Waals surface area contributed by atoms with Gasteiger partial charge in [0, 0.05) is 6.07 Å². The second-order valence-electron chi connectivity index (χ2n) is 5.82. The molecule has 0 fully saturated rings. The molecule has 26 heavy (non-hydrogen) atoms. The molecule has 0 aliphatic rings. The Labute approximate surface area is 151 Å². The SMILES string of the molecule is C=NC(=O)c1cc([N+](=O)[O-])c(S(=O)(=O)c2ccc(C)cc2C)cc1CC. The molecular formula is C18H18N2O5S. The normalized spacial score (nSPS) is 11.2. The summed E-state index contributed by atoms with van der Waals surface area (Å²) in [5.74, 6) is -0.736. The number of aryl methyl sites for hydroxylation is 3. The maximum Gasteiger partial charge on any atom is 0.289 e. The van der Waals surface area contributed by atoms with Gasteiger partial charge in [-0.1, -0.05) is 24.6 Å². The van der Waals surface area contributed by atoms with E-state index in [1.807, 2.05) is 6.92 Å². The highest BCUT2D eigenvalue weighted by Crippen LogP contribution is 2.34. The monoisotopic (exact) mass is 374 g/mol. The van der Waals surface area contributed by atoms with Crippen molar-refractivity contribution >= 4 is 28.1 Å². The summed E-state index contributed by atoms with van der Waals surface area (Å²) in [6.45, 7) is 8.31. The number of nitro groups is 1. The molecule has 0 aliphatic heterocycles. The van der Waals surface area contributed by atoms with Crippen LogP contribution >= 0.6 is 0 Å². The fraction of sp³-hybridized carbons (Fsp3) is 0.222. The molecule has 0 spiro atoms. The summed E-state index contributed by atoms with van der Waals surface area (Å²) < 4.78 is 26.2. The Morgan fingerprint density at radius 2 is 1.85 bits per heavy atom. The average molecular weight is 374 g/mol. The standard InChI is InChI=1S/C18H18N2O5S/c1-5-13-9-17(15(20(22)23)10-14(13)18(21)19-4)26(24,25)16-7-6-11(2)8-12(16)3/h6-10H,4-5H2,1-3H3. The quantitative estimate of drug-likeness (QED) is 0.452. The molecular weight excluding hydrogens is 356 g/mol. The van der Waals surface area contributed by atoms with E-state index in [1.165, 1.54) is 12.1 Å². The maximum absolute atomic E-state index is 13.1. The molecule has 0 bridgehead atoms. The number of rotatable bonds is 5. The van der Waals surface area contributed by atoms with Crippen molar-refractivity contribution in [1.29, 1.82) is 0 Å². The van der Waals surface area contributed by atoms with E-state index in [0.29, 0.717) is 17.5 Å². The molecule has 7 nitrogen and oxygen atoms in total. The van der Waals surface area contributed by atoms with Crippen LogP contribution in [0.25, 0.3) is 0 Å². The van der Waals surface area contributed by atoms with E-state index in [2.05, 4.69) is 11.7 Å². The second-order valence-corrected chi connectivity index (χ2v) is 7.71. The molecule has 0 saturated carbocycles. The molecule has 2 aromatic rings. The number of carbonyl (C=O) groups excluding carboxylic acids is 1. The van der Waals surface area contributed by atoms with E-state index in [0.717, 1.165) is 11.6 Å². The van der Waals surface area contributed by atoms with Gasteiger partial charge in [-0.05, 0) is 50.2 Å². The summed E-state index contributed by atoms with van der Waals surface area (Å²) in [6, 6.07) is 6.90. The fourth-order valence-electron chi connectivity index (χ4n) is 2.76. The van der Waals surface area contributed by atoms with Crippen molar-refractivity contribution in [3.05, 3.63) is 62.7 Å². The number of nitrogens with zero attached hydrogens (tertiary/aromatic N) is 2. The maximum atomic E-state index is 13.1. The first-order chi connectivity index (χ1) is 12.1. The van der Waals surface area contributed by atoms with Crippen LogP contribution in [0, 0.1) is 24.0 Å². The predicted molar refractivity (Wildman–Crippen MR) is 97.7 cm³/mol. The van der Waals surface area contributed by atoms with E-state index >= 15 is 0 Å². The topological polar surface area (TPSA) is 107 Å². The van der Waals surface area contributed by atoms with E-state index in [-0.39, 0.29) is 10.5 Å². The minimum Gasteiger partial charge on any atom is -0.267 e. The fourth-order valence-corrected chi connectivity index (χ4v) is 4.44. The van der Waals surface area contributed by atoms with Crippen LogP contribution in [-0.4, -0.2) is 26.0 Å². The third-order valence-electron chi connectivity index (χ3n) is 4.05. The summed E-state index contributed by atoms with van der Waals surface area (Å²) in [4.78, 5) is 25.4. The summed E-state index contributed by atoms with van der Waals surface area (Å²) in [5.41, 5.74) is 1.05. The van der Waals surface area contributed by atoms with E-state index in [4.69, 9.17) is 0 Å². The zero-order chi connectivity index (χ0) is 19.6. The van der Waals surface area contributed by atoms with Crippen molar-refractivity contribution < 1.29 is 18.1 Å². The molecule has 2 rings (SSSR count). The highest BCUT2D eigenvalue weighted by Gasteiger charge is 2.31. The van der Waals surface area contributed by atoms with Crippen LogP contribution in [0.1, 0.15) is 34.0 Å². The highest BCUT2D eigenvalue weighted by atomic mass is 32.2. The lowest BCUT2D eigenvalue weighted by atomic mass is 10.0. The lowest BCUT2D eigenvalue weighted by Crippen LogP contribution is -2.11. The van der Waals surface area contributed by atoms with Crippen LogP contribution in [0.3, 0.4) is 0 Å². The van der Waals surface area contributed by atoms with Gasteiger partial charge in [-0.25, -0.2) is 13.4 Å². The molecule has 0 atom stereocenters. The van der Waals surface area contributed by atoms with E-state index < -0.39 is 31.3 Å². The Balaban J connectivity index is 2.85. The highest BCUT2D eigenvalue weighted by molar-refractivity contribution is 7.91. The third-order valence-corrected chi connectivity index (χ3v) is 5.99. The molecule has 0 aromatic heterocycles. The largest absolute Gasteiger partial charge is 0.289 e. The van der Waals surface area contributed by atoms with Crippen molar-refractivity contribution in [2.75, 3.05) is 0 Å². The van der Waals surface area contributed by atoms with Crippen LogP contribution in [0.2, 0.25) is 0 Å². The molecule has 0 radical (unpaired) electrons. The van der Waals surface area contributed by atoms with Gasteiger partial charge in [0.05, 0.1) is 15.4 Å². The van der Waals surface area contributed by atoms with Gasteiger partial charge in [0.2, 0.25) is 9.84 Å². The molecule has 0 N–H and O–H groups in total. The number of nitro benzene ring substituents is 1. The third kappa shape index (κ3) is 3.41. The molecule has 0 aliphatic carbocycles. The zero-order valence-electron chi connectivity index (χ0n) is 14.6. The Morgan fingerprint density at radius 1 is 1.19 bits per heavy atom. The van der Waals surface area contributed by atoms with Crippen LogP contribution in [0.15, 0.2) is 45.1 Å². The minimum absolute atomic E-state index is 0.00539. The van der Waals surface area contributed by atoms with Gasteiger partial charge in [0.25, 0.3) is 11.6 Å². The molecule has 1 amide bonds. The number of carbonyl (C=O) groups is 1. The van der Waals surface area contributed by atoms with Crippen molar-refractivity contribution in [3.63, 3.8) is 0 Å². The van der Waals surface area contributed by atoms with E-state index in [9.17, 15) is 23.3 Å². The van der Waals surface area contributed by atoms with Gasteiger partial charge >= 0.3 is 0 Å². The molecule has 0 unspecified atom stereocenters. The van der Waals surface area contributed by atoms with Crippen LogP contribution < -0.4 is 0 Å². The number of benzene rings is 2. The number of amides is 1. The average Bonchev–Trinajstić information content (AvgIpc) is 2.59. The Hall–Kier alpha value is -2.87. The molecule has 8 heteroatoms. The van der Waals surface area contributed by atoms with Gasteiger partial charge < -0.3 is 0 Å². The summed E-state index contributed by atoms with van der Waals surface area (Å²) >= 11 is 0. The first-order valence-corrected chi connectivity index (χ1v) is 9.26. The Morgan fingerprint density at radius 3 is 2.35 bits per heavy atom. The van der Waals surface area contributed by atoms with Gasteiger partial charge in [0.15, 0.2) is 0 Å². The number of hydrogen-bond acceptors (Lipinski definition) is 5. The van der Waals surface area contributed by atoms with Crippen molar-refractivity contribution in [2.45, 2.75) is 37.0 Å². The zero-order valence-corrected chi connectivity index (χ0v) is 15.5.